The molecule has 0 aliphatic carbocycles. The van der Waals surface area contributed by atoms with Gasteiger partial charge >= 0.3 is 0 Å². The topological polar surface area (TPSA) is 77.0 Å². The van der Waals surface area contributed by atoms with Crippen molar-refractivity contribution < 1.29 is 9.32 Å². The molecule has 7 nitrogen and oxygen atoms in total. The van der Waals surface area contributed by atoms with Gasteiger partial charge in [0.25, 0.3) is 5.91 Å². The van der Waals surface area contributed by atoms with Gasteiger partial charge in [-0.1, -0.05) is 12.1 Å². The fourth-order valence-corrected chi connectivity index (χ4v) is 3.60. The first-order valence-corrected chi connectivity index (χ1v) is 8.83. The van der Waals surface area contributed by atoms with Crippen LogP contribution in [0.1, 0.15) is 47.4 Å². The van der Waals surface area contributed by atoms with E-state index in [1.54, 1.807) is 19.3 Å². The molecular weight excluding hydrogens is 330 g/mol. The molecule has 3 aromatic rings. The van der Waals surface area contributed by atoms with E-state index in [9.17, 15) is 4.79 Å². The van der Waals surface area contributed by atoms with Gasteiger partial charge in [-0.15, -0.1) is 0 Å². The molecule has 0 fully saturated rings. The van der Waals surface area contributed by atoms with E-state index in [1.807, 2.05) is 37.1 Å². The Hall–Kier alpha value is -2.96. The number of aromatic nitrogens is 4. The van der Waals surface area contributed by atoms with E-state index < -0.39 is 0 Å². The van der Waals surface area contributed by atoms with Gasteiger partial charge in [0, 0.05) is 31.0 Å². The Balaban J connectivity index is 1.67. The van der Waals surface area contributed by atoms with E-state index >= 15 is 0 Å². The number of hydrogen-bond donors (Lipinski definition) is 0. The summed E-state index contributed by atoms with van der Waals surface area (Å²) >= 11 is 0. The van der Waals surface area contributed by atoms with Crippen molar-refractivity contribution in [2.24, 2.45) is 0 Å². The summed E-state index contributed by atoms with van der Waals surface area (Å²) in [6.07, 6.45) is 6.06. The number of hydrogen-bond acceptors (Lipinski definition) is 5. The zero-order chi connectivity index (χ0) is 18.3. The zero-order valence-corrected chi connectivity index (χ0v) is 15.1. The van der Waals surface area contributed by atoms with Gasteiger partial charge in [-0.2, -0.15) is 0 Å². The maximum atomic E-state index is 13.1. The molecule has 0 bridgehead atoms. The second-order valence-corrected chi connectivity index (χ2v) is 6.48. The average Bonchev–Trinajstić information content (AvgIpc) is 3.26. The Bertz CT molecular complexity index is 944. The predicted molar refractivity (Wildman–Crippen MR) is 95.5 cm³/mol. The van der Waals surface area contributed by atoms with Crippen molar-refractivity contribution in [3.63, 3.8) is 0 Å². The molecule has 0 N–H and O–H groups in total. The number of aryl methyl sites for hydroxylation is 2. The standard InChI is InChI=1S/C19H21N5O2/c1-4-15-17(13(3)26-22-15)19(25)23-9-10-24-16(12(23)2)11-21-18(24)14-5-7-20-8-6-14/h5-8,11-12H,4,9-10H2,1-3H3. The van der Waals surface area contributed by atoms with Gasteiger partial charge in [-0.3, -0.25) is 9.78 Å². The van der Waals surface area contributed by atoms with Crippen molar-refractivity contribution in [1.29, 1.82) is 0 Å². The first-order valence-electron chi connectivity index (χ1n) is 8.83. The van der Waals surface area contributed by atoms with E-state index in [1.165, 1.54) is 0 Å². The van der Waals surface area contributed by atoms with Crippen LogP contribution < -0.4 is 0 Å². The minimum Gasteiger partial charge on any atom is -0.361 e. The molecule has 0 saturated carbocycles. The van der Waals surface area contributed by atoms with Gasteiger partial charge in [0.15, 0.2) is 0 Å². The van der Waals surface area contributed by atoms with Crippen LogP contribution in [0.5, 0.6) is 0 Å². The van der Waals surface area contributed by atoms with Crippen LogP contribution in [0.4, 0.5) is 0 Å². The maximum Gasteiger partial charge on any atom is 0.259 e. The number of rotatable bonds is 3. The van der Waals surface area contributed by atoms with Crippen LogP contribution in [0.15, 0.2) is 35.2 Å². The molecular formula is C19H21N5O2. The zero-order valence-electron chi connectivity index (χ0n) is 15.1. The SMILES string of the molecule is CCc1noc(C)c1C(=O)N1CCn2c(cnc2-c2ccncc2)C1C. The summed E-state index contributed by atoms with van der Waals surface area (Å²) in [6.45, 7) is 7.13. The monoisotopic (exact) mass is 351 g/mol. The third-order valence-electron chi connectivity index (χ3n) is 5.03. The number of imidazole rings is 1. The molecule has 3 aromatic heterocycles. The second-order valence-electron chi connectivity index (χ2n) is 6.48. The molecule has 0 spiro atoms. The Morgan fingerprint density at radius 2 is 2.08 bits per heavy atom. The molecule has 0 aromatic carbocycles. The van der Waals surface area contributed by atoms with Crippen molar-refractivity contribution >= 4 is 5.91 Å². The lowest BCUT2D eigenvalue weighted by atomic mass is 10.1. The van der Waals surface area contributed by atoms with E-state index in [-0.39, 0.29) is 11.9 Å². The molecule has 1 aliphatic rings. The van der Waals surface area contributed by atoms with Crippen LogP contribution in [0.2, 0.25) is 0 Å². The molecule has 1 aliphatic heterocycles. The Morgan fingerprint density at radius 3 is 2.81 bits per heavy atom. The highest BCUT2D eigenvalue weighted by molar-refractivity contribution is 5.96. The van der Waals surface area contributed by atoms with E-state index in [0.717, 1.165) is 22.8 Å². The van der Waals surface area contributed by atoms with Gasteiger partial charge in [0.05, 0.1) is 23.6 Å². The molecule has 1 amide bonds. The number of amides is 1. The van der Waals surface area contributed by atoms with Crippen LogP contribution in [0.25, 0.3) is 11.4 Å². The summed E-state index contributed by atoms with van der Waals surface area (Å²) < 4.78 is 7.43. The summed E-state index contributed by atoms with van der Waals surface area (Å²) in [5, 5.41) is 4.02. The number of nitrogens with zero attached hydrogens (tertiary/aromatic N) is 5. The number of pyridine rings is 1. The van der Waals surface area contributed by atoms with E-state index in [0.29, 0.717) is 30.8 Å². The smallest absolute Gasteiger partial charge is 0.259 e. The van der Waals surface area contributed by atoms with Crippen LogP contribution in [0.3, 0.4) is 0 Å². The minimum atomic E-state index is -0.0710. The lowest BCUT2D eigenvalue weighted by Crippen LogP contribution is -2.41. The Kier molecular flexibility index (Phi) is 4.06. The molecule has 4 rings (SSSR count). The Labute approximate surface area is 151 Å². The molecule has 26 heavy (non-hydrogen) atoms. The maximum absolute atomic E-state index is 13.1. The lowest BCUT2D eigenvalue weighted by Gasteiger charge is -2.35. The van der Waals surface area contributed by atoms with Crippen molar-refractivity contribution in [3.05, 3.63) is 53.4 Å². The van der Waals surface area contributed by atoms with Gasteiger partial charge in [-0.05, 0) is 32.4 Å². The van der Waals surface area contributed by atoms with Crippen molar-refractivity contribution in [3.8, 4) is 11.4 Å². The van der Waals surface area contributed by atoms with Crippen molar-refractivity contribution in [2.75, 3.05) is 6.54 Å². The third-order valence-corrected chi connectivity index (χ3v) is 5.03. The van der Waals surface area contributed by atoms with E-state index in [2.05, 4.69) is 19.7 Å². The van der Waals surface area contributed by atoms with Gasteiger partial charge in [0.2, 0.25) is 0 Å². The summed E-state index contributed by atoms with van der Waals surface area (Å²) in [4.78, 5) is 23.7. The molecule has 134 valence electrons. The normalized spacial score (nSPS) is 16.6. The molecule has 0 radical (unpaired) electrons. The number of fused-ring (bicyclic) bond motifs is 1. The fourth-order valence-electron chi connectivity index (χ4n) is 3.60. The van der Waals surface area contributed by atoms with Crippen LogP contribution in [0, 0.1) is 6.92 Å². The highest BCUT2D eigenvalue weighted by Gasteiger charge is 2.33. The molecule has 1 unspecified atom stereocenters. The quantitative estimate of drug-likeness (QED) is 0.725. The molecule has 1 atom stereocenters. The van der Waals surface area contributed by atoms with E-state index in [4.69, 9.17) is 4.52 Å². The Morgan fingerprint density at radius 1 is 1.31 bits per heavy atom. The first-order chi connectivity index (χ1) is 12.6. The van der Waals surface area contributed by atoms with Gasteiger partial charge in [0.1, 0.15) is 17.1 Å². The van der Waals surface area contributed by atoms with Crippen molar-refractivity contribution in [1.82, 2.24) is 24.6 Å². The minimum absolute atomic E-state index is 0.0222. The number of carbonyl (C=O) groups excluding carboxylic acids is 1. The number of carbonyl (C=O) groups is 1. The predicted octanol–water partition coefficient (Wildman–Crippen LogP) is 3.02. The van der Waals surface area contributed by atoms with Crippen LogP contribution in [-0.2, 0) is 13.0 Å². The summed E-state index contributed by atoms with van der Waals surface area (Å²) in [5.41, 5.74) is 3.38. The van der Waals surface area contributed by atoms with Crippen molar-refractivity contribution in [2.45, 2.75) is 39.8 Å². The summed E-state index contributed by atoms with van der Waals surface area (Å²) in [7, 11) is 0. The second kappa shape index (κ2) is 6.40. The molecule has 0 saturated heterocycles. The average molecular weight is 351 g/mol. The summed E-state index contributed by atoms with van der Waals surface area (Å²) in [5.74, 6) is 1.47. The highest BCUT2D eigenvalue weighted by atomic mass is 16.5. The van der Waals surface area contributed by atoms with Crippen LogP contribution in [-0.4, -0.2) is 37.0 Å². The third kappa shape index (κ3) is 2.51. The highest BCUT2D eigenvalue weighted by Crippen LogP contribution is 2.31. The van der Waals surface area contributed by atoms with Gasteiger partial charge in [-0.25, -0.2) is 4.98 Å². The summed E-state index contributed by atoms with van der Waals surface area (Å²) in [6, 6.07) is 3.83. The largest absolute Gasteiger partial charge is 0.361 e. The molecule has 7 heteroatoms. The molecule has 4 heterocycles. The van der Waals surface area contributed by atoms with Gasteiger partial charge < -0.3 is 14.0 Å². The lowest BCUT2D eigenvalue weighted by molar-refractivity contribution is 0.0642. The van der Waals surface area contributed by atoms with Crippen LogP contribution >= 0.6 is 0 Å². The fraction of sp³-hybridized carbons (Fsp3) is 0.368. The first kappa shape index (κ1) is 16.5.